The molecule has 3 unspecified atom stereocenters. The average Bonchev–Trinajstić information content (AvgIpc) is 2.62. The fourth-order valence-electron chi connectivity index (χ4n) is 2.74. The Hall–Kier alpha value is -0.0800. The molecule has 0 amide bonds. The largest absolute Gasteiger partial charge is 0.314 e. The standard InChI is InChI=1S/C13H26N2/c1-10(7-12-5-4-6-14-12)15-9-11-8-13(11,2)3/h10-12,14-15H,4-9H2,1-3H3. The first-order valence-corrected chi connectivity index (χ1v) is 6.55. The van der Waals surface area contributed by atoms with Crippen molar-refractivity contribution in [1.82, 2.24) is 10.6 Å². The van der Waals surface area contributed by atoms with E-state index < -0.39 is 0 Å². The minimum absolute atomic E-state index is 0.623. The quantitative estimate of drug-likeness (QED) is 0.726. The van der Waals surface area contributed by atoms with Gasteiger partial charge in [-0.05, 0) is 57.0 Å². The van der Waals surface area contributed by atoms with Gasteiger partial charge in [-0.3, -0.25) is 0 Å². The molecule has 2 fully saturated rings. The molecular weight excluding hydrogens is 184 g/mol. The van der Waals surface area contributed by atoms with Gasteiger partial charge in [0.15, 0.2) is 0 Å². The molecule has 0 aromatic heterocycles. The SMILES string of the molecule is CC(CC1CCCN1)NCC1CC1(C)C. The van der Waals surface area contributed by atoms with E-state index in [2.05, 4.69) is 31.4 Å². The van der Waals surface area contributed by atoms with Crippen LogP contribution in [0.2, 0.25) is 0 Å². The molecule has 2 N–H and O–H groups in total. The molecule has 0 spiro atoms. The molecule has 2 nitrogen and oxygen atoms in total. The van der Waals surface area contributed by atoms with Crippen LogP contribution in [0.1, 0.15) is 46.5 Å². The van der Waals surface area contributed by atoms with Crippen molar-refractivity contribution in [1.29, 1.82) is 0 Å². The van der Waals surface area contributed by atoms with Crippen LogP contribution in [0.5, 0.6) is 0 Å². The molecule has 0 aromatic carbocycles. The molecule has 1 aliphatic heterocycles. The molecule has 2 rings (SSSR count). The Balaban J connectivity index is 1.58. The summed E-state index contributed by atoms with van der Waals surface area (Å²) in [5, 5.41) is 7.25. The molecule has 88 valence electrons. The normalized spacial score (nSPS) is 35.4. The molecule has 0 aromatic rings. The summed E-state index contributed by atoms with van der Waals surface area (Å²) in [4.78, 5) is 0. The van der Waals surface area contributed by atoms with Gasteiger partial charge in [0, 0.05) is 12.1 Å². The van der Waals surface area contributed by atoms with Crippen LogP contribution in [0.4, 0.5) is 0 Å². The zero-order valence-electron chi connectivity index (χ0n) is 10.5. The topological polar surface area (TPSA) is 24.1 Å². The van der Waals surface area contributed by atoms with Gasteiger partial charge >= 0.3 is 0 Å². The second-order valence-corrected chi connectivity index (χ2v) is 6.23. The lowest BCUT2D eigenvalue weighted by Gasteiger charge is -2.18. The van der Waals surface area contributed by atoms with E-state index in [0.717, 1.165) is 12.0 Å². The van der Waals surface area contributed by atoms with E-state index >= 15 is 0 Å². The van der Waals surface area contributed by atoms with Crippen molar-refractivity contribution in [3.05, 3.63) is 0 Å². The van der Waals surface area contributed by atoms with Gasteiger partial charge in [0.1, 0.15) is 0 Å². The van der Waals surface area contributed by atoms with E-state index in [4.69, 9.17) is 0 Å². The maximum Gasteiger partial charge on any atom is 0.00822 e. The molecule has 2 heteroatoms. The Kier molecular flexibility index (Phi) is 3.36. The van der Waals surface area contributed by atoms with Gasteiger partial charge in [0.25, 0.3) is 0 Å². The van der Waals surface area contributed by atoms with E-state index in [1.807, 2.05) is 0 Å². The highest BCUT2D eigenvalue weighted by molar-refractivity contribution is 4.96. The molecule has 1 heterocycles. The number of rotatable bonds is 5. The molecule has 0 radical (unpaired) electrons. The number of hydrogen-bond donors (Lipinski definition) is 2. The molecular formula is C13H26N2. The van der Waals surface area contributed by atoms with Crippen LogP contribution >= 0.6 is 0 Å². The molecule has 1 saturated carbocycles. The number of nitrogens with one attached hydrogen (secondary N) is 2. The molecule has 0 bridgehead atoms. The van der Waals surface area contributed by atoms with Crippen LogP contribution in [-0.4, -0.2) is 25.2 Å². The van der Waals surface area contributed by atoms with Crippen molar-refractivity contribution in [2.75, 3.05) is 13.1 Å². The maximum atomic E-state index is 3.69. The highest BCUT2D eigenvalue weighted by Crippen LogP contribution is 2.51. The van der Waals surface area contributed by atoms with Crippen LogP contribution in [0.25, 0.3) is 0 Å². The zero-order chi connectivity index (χ0) is 10.9. The zero-order valence-corrected chi connectivity index (χ0v) is 10.5. The van der Waals surface area contributed by atoms with Gasteiger partial charge in [-0.2, -0.15) is 0 Å². The fourth-order valence-corrected chi connectivity index (χ4v) is 2.74. The van der Waals surface area contributed by atoms with Crippen LogP contribution in [-0.2, 0) is 0 Å². The third-order valence-electron chi connectivity index (χ3n) is 4.23. The molecule has 2 aliphatic rings. The van der Waals surface area contributed by atoms with Crippen molar-refractivity contribution in [2.45, 2.75) is 58.5 Å². The predicted molar refractivity (Wildman–Crippen MR) is 65.0 cm³/mol. The number of hydrogen-bond acceptors (Lipinski definition) is 2. The first kappa shape index (κ1) is 11.4. The van der Waals surface area contributed by atoms with E-state index in [1.165, 1.54) is 38.8 Å². The van der Waals surface area contributed by atoms with E-state index in [9.17, 15) is 0 Å². The van der Waals surface area contributed by atoms with E-state index in [-0.39, 0.29) is 0 Å². The summed E-state index contributed by atoms with van der Waals surface area (Å²) in [6.45, 7) is 9.54. The van der Waals surface area contributed by atoms with Crippen molar-refractivity contribution in [2.24, 2.45) is 11.3 Å². The Morgan fingerprint density at radius 1 is 1.47 bits per heavy atom. The van der Waals surface area contributed by atoms with Gasteiger partial charge < -0.3 is 10.6 Å². The first-order valence-electron chi connectivity index (χ1n) is 6.55. The van der Waals surface area contributed by atoms with Crippen LogP contribution < -0.4 is 10.6 Å². The minimum atomic E-state index is 0.623. The second kappa shape index (κ2) is 4.42. The molecule has 1 aliphatic carbocycles. The summed E-state index contributed by atoms with van der Waals surface area (Å²) in [5.74, 6) is 0.927. The maximum absolute atomic E-state index is 3.69. The summed E-state index contributed by atoms with van der Waals surface area (Å²) in [6, 6.07) is 1.46. The van der Waals surface area contributed by atoms with Gasteiger partial charge in [-0.15, -0.1) is 0 Å². The lowest BCUT2D eigenvalue weighted by Crippen LogP contribution is -2.35. The van der Waals surface area contributed by atoms with E-state index in [0.29, 0.717) is 11.5 Å². The van der Waals surface area contributed by atoms with Crippen LogP contribution in [0.15, 0.2) is 0 Å². The highest BCUT2D eigenvalue weighted by atomic mass is 15.0. The highest BCUT2D eigenvalue weighted by Gasteiger charge is 2.44. The Morgan fingerprint density at radius 2 is 2.20 bits per heavy atom. The monoisotopic (exact) mass is 210 g/mol. The van der Waals surface area contributed by atoms with Gasteiger partial charge in [-0.25, -0.2) is 0 Å². The fraction of sp³-hybridized carbons (Fsp3) is 1.00. The summed E-state index contributed by atoms with van der Waals surface area (Å²) < 4.78 is 0. The van der Waals surface area contributed by atoms with Crippen molar-refractivity contribution < 1.29 is 0 Å². The first-order chi connectivity index (χ1) is 7.08. The van der Waals surface area contributed by atoms with Gasteiger partial charge in [-0.1, -0.05) is 13.8 Å². The molecule has 3 atom stereocenters. The van der Waals surface area contributed by atoms with Crippen LogP contribution in [0.3, 0.4) is 0 Å². The smallest absolute Gasteiger partial charge is 0.00822 e. The van der Waals surface area contributed by atoms with Crippen molar-refractivity contribution >= 4 is 0 Å². The van der Waals surface area contributed by atoms with Crippen molar-refractivity contribution in [3.8, 4) is 0 Å². The summed E-state index contributed by atoms with van der Waals surface area (Å²) in [7, 11) is 0. The van der Waals surface area contributed by atoms with Gasteiger partial charge in [0.2, 0.25) is 0 Å². The molecule has 1 saturated heterocycles. The second-order valence-electron chi connectivity index (χ2n) is 6.23. The molecule has 15 heavy (non-hydrogen) atoms. The van der Waals surface area contributed by atoms with E-state index in [1.54, 1.807) is 0 Å². The third kappa shape index (κ3) is 3.18. The average molecular weight is 210 g/mol. The van der Waals surface area contributed by atoms with Crippen molar-refractivity contribution in [3.63, 3.8) is 0 Å². The third-order valence-corrected chi connectivity index (χ3v) is 4.23. The summed E-state index contributed by atoms with van der Waals surface area (Å²) in [5.41, 5.74) is 0.623. The Morgan fingerprint density at radius 3 is 2.73 bits per heavy atom. The lowest BCUT2D eigenvalue weighted by molar-refractivity contribution is 0.418. The summed E-state index contributed by atoms with van der Waals surface area (Å²) in [6.07, 6.45) is 5.45. The predicted octanol–water partition coefficient (Wildman–Crippen LogP) is 2.15. The Labute approximate surface area is 94.2 Å². The van der Waals surface area contributed by atoms with Crippen LogP contribution in [0, 0.1) is 11.3 Å². The van der Waals surface area contributed by atoms with Gasteiger partial charge in [0.05, 0.1) is 0 Å². The summed E-state index contributed by atoms with van der Waals surface area (Å²) >= 11 is 0. The Bertz CT molecular complexity index is 207. The minimum Gasteiger partial charge on any atom is -0.314 e. The lowest BCUT2D eigenvalue weighted by atomic mass is 10.1.